The number of carboxylic acid groups (broad SMARTS) is 1. The molecule has 134 valence electrons. The van der Waals surface area contributed by atoms with Gasteiger partial charge in [0.05, 0.1) is 7.11 Å². The Morgan fingerprint density at radius 3 is 2.20 bits per heavy atom. The molecule has 0 saturated carbocycles. The first kappa shape index (κ1) is 18.8. The molecule has 0 aliphatic carbocycles. The number of carboxylic acids is 1. The van der Waals surface area contributed by atoms with Crippen molar-refractivity contribution < 1.29 is 27.8 Å². The molecule has 0 fully saturated rings. The van der Waals surface area contributed by atoms with E-state index in [4.69, 9.17) is 4.74 Å². The molecule has 0 aliphatic rings. The van der Waals surface area contributed by atoms with Crippen LogP contribution in [0, 0.1) is 0 Å². The highest BCUT2D eigenvalue weighted by molar-refractivity contribution is 5.74. The molecule has 0 heterocycles. The first-order valence-electron chi connectivity index (χ1n) is 7.54. The predicted molar refractivity (Wildman–Crippen MR) is 86.5 cm³/mol. The summed E-state index contributed by atoms with van der Waals surface area (Å²) in [4.78, 5) is 11.5. The summed E-state index contributed by atoms with van der Waals surface area (Å²) in [6.07, 6.45) is -4.70. The zero-order valence-electron chi connectivity index (χ0n) is 13.5. The van der Waals surface area contributed by atoms with Crippen molar-refractivity contribution >= 4 is 5.97 Å². The maximum atomic E-state index is 13.4. The van der Waals surface area contributed by atoms with E-state index in [0.717, 1.165) is 0 Å². The van der Waals surface area contributed by atoms with Crippen molar-refractivity contribution in [2.24, 2.45) is 0 Å². The predicted octanol–water partition coefficient (Wildman–Crippen LogP) is 3.58. The fraction of sp³-hybridized carbons (Fsp3) is 0.278. The highest BCUT2D eigenvalue weighted by Crippen LogP contribution is 2.33. The second-order valence-electron chi connectivity index (χ2n) is 5.49. The first-order chi connectivity index (χ1) is 11.8. The van der Waals surface area contributed by atoms with Crippen LogP contribution in [0.5, 0.6) is 5.75 Å². The Morgan fingerprint density at radius 1 is 1.12 bits per heavy atom. The number of hydrogen-bond acceptors (Lipinski definition) is 3. The smallest absolute Gasteiger partial charge is 0.407 e. The molecule has 2 rings (SSSR count). The van der Waals surface area contributed by atoms with Crippen LogP contribution in [-0.2, 0) is 11.2 Å². The van der Waals surface area contributed by atoms with Gasteiger partial charge in [-0.1, -0.05) is 42.5 Å². The number of aliphatic carboxylic acids is 1. The molecule has 2 aromatic carbocycles. The zero-order valence-corrected chi connectivity index (χ0v) is 13.5. The van der Waals surface area contributed by atoms with E-state index in [1.54, 1.807) is 30.3 Å². The van der Waals surface area contributed by atoms with Gasteiger partial charge >= 0.3 is 12.1 Å². The van der Waals surface area contributed by atoms with Gasteiger partial charge in [0.15, 0.2) is 0 Å². The molecule has 2 N–H and O–H groups in total. The Kier molecular flexibility index (Phi) is 6.03. The molecule has 4 nitrogen and oxygen atoms in total. The highest BCUT2D eigenvalue weighted by Gasteiger charge is 2.42. The second-order valence-corrected chi connectivity index (χ2v) is 5.49. The Labute approximate surface area is 143 Å². The van der Waals surface area contributed by atoms with Crippen molar-refractivity contribution in [3.05, 3.63) is 65.7 Å². The van der Waals surface area contributed by atoms with E-state index in [2.05, 4.69) is 5.32 Å². The summed E-state index contributed by atoms with van der Waals surface area (Å²) in [6.45, 7) is 0. The Hall–Kier alpha value is -2.54. The summed E-state index contributed by atoms with van der Waals surface area (Å²) in [5, 5.41) is 11.6. The molecule has 0 radical (unpaired) electrons. The van der Waals surface area contributed by atoms with Gasteiger partial charge in [0, 0.05) is 0 Å². The van der Waals surface area contributed by atoms with Gasteiger partial charge in [-0.25, -0.2) is 0 Å². The highest BCUT2D eigenvalue weighted by atomic mass is 19.4. The van der Waals surface area contributed by atoms with Gasteiger partial charge in [0.1, 0.15) is 17.8 Å². The van der Waals surface area contributed by atoms with Gasteiger partial charge < -0.3 is 9.84 Å². The number of benzene rings is 2. The molecule has 0 aromatic heterocycles. The van der Waals surface area contributed by atoms with E-state index >= 15 is 0 Å². The maximum Gasteiger partial charge on any atom is 0.407 e. The molecule has 2 aromatic rings. The average Bonchev–Trinajstić information content (AvgIpc) is 2.58. The Morgan fingerprint density at radius 2 is 1.72 bits per heavy atom. The molecular weight excluding hydrogens is 335 g/mol. The maximum absolute atomic E-state index is 13.4. The van der Waals surface area contributed by atoms with Gasteiger partial charge in [-0.05, 0) is 29.7 Å². The first-order valence-corrected chi connectivity index (χ1v) is 7.54. The number of hydrogen-bond donors (Lipinski definition) is 2. The number of alkyl halides is 3. The monoisotopic (exact) mass is 353 g/mol. The number of rotatable bonds is 7. The van der Waals surface area contributed by atoms with Crippen molar-refractivity contribution in [3.63, 3.8) is 0 Å². The van der Waals surface area contributed by atoms with Gasteiger partial charge in [-0.15, -0.1) is 0 Å². The minimum Gasteiger partial charge on any atom is -0.497 e. The van der Waals surface area contributed by atoms with Crippen LogP contribution >= 0.6 is 0 Å². The van der Waals surface area contributed by atoms with Crippen molar-refractivity contribution in [1.29, 1.82) is 0 Å². The minimum absolute atomic E-state index is 0.0315. The molecule has 2 atom stereocenters. The average molecular weight is 353 g/mol. The number of carbonyl (C=O) groups is 1. The van der Waals surface area contributed by atoms with Crippen LogP contribution < -0.4 is 10.1 Å². The summed E-state index contributed by atoms with van der Waals surface area (Å²) in [5.41, 5.74) is 0.561. The molecule has 0 saturated heterocycles. The van der Waals surface area contributed by atoms with Crippen LogP contribution in [0.2, 0.25) is 0 Å². The number of ether oxygens (including phenoxy) is 1. The number of halogens is 3. The van der Waals surface area contributed by atoms with Gasteiger partial charge in [-0.3, -0.25) is 10.1 Å². The van der Waals surface area contributed by atoms with Crippen LogP contribution in [0.4, 0.5) is 13.2 Å². The van der Waals surface area contributed by atoms with E-state index in [1.807, 2.05) is 0 Å². The van der Waals surface area contributed by atoms with Crippen LogP contribution in [0.15, 0.2) is 54.6 Å². The third-order valence-electron chi connectivity index (χ3n) is 3.73. The molecule has 0 aliphatic heterocycles. The molecule has 25 heavy (non-hydrogen) atoms. The number of methoxy groups -OCH3 is 1. The second kappa shape index (κ2) is 8.02. The number of nitrogens with one attached hydrogen (secondary N) is 1. The fourth-order valence-electron chi connectivity index (χ4n) is 2.44. The van der Waals surface area contributed by atoms with E-state index in [0.29, 0.717) is 11.3 Å². The standard InChI is InChI=1S/C18H18F3NO3/c1-25-14-9-7-12(8-10-14)11-15(17(23)24)22-16(18(19,20)21)13-5-3-2-4-6-13/h2-10,15-16,22H,11H2,1H3,(H,23,24)/t15-,16+/m0/s1. The lowest BCUT2D eigenvalue weighted by atomic mass is 10.0. The lowest BCUT2D eigenvalue weighted by Gasteiger charge is -2.26. The van der Waals surface area contributed by atoms with E-state index in [1.165, 1.54) is 31.4 Å². The minimum atomic E-state index is -4.62. The Balaban J connectivity index is 2.21. The third-order valence-corrected chi connectivity index (χ3v) is 3.73. The van der Waals surface area contributed by atoms with Gasteiger partial charge in [-0.2, -0.15) is 13.2 Å². The summed E-state index contributed by atoms with van der Waals surface area (Å²) < 4.78 is 45.2. The van der Waals surface area contributed by atoms with Crippen LogP contribution in [0.3, 0.4) is 0 Å². The normalized spacial score (nSPS) is 13.9. The summed E-state index contributed by atoms with van der Waals surface area (Å²) in [6, 6.07) is 10.3. The Bertz CT molecular complexity index is 687. The van der Waals surface area contributed by atoms with E-state index in [9.17, 15) is 23.1 Å². The summed E-state index contributed by atoms with van der Waals surface area (Å²) in [5.74, 6) is -0.762. The third kappa shape index (κ3) is 5.22. The zero-order chi connectivity index (χ0) is 18.4. The van der Waals surface area contributed by atoms with Crippen LogP contribution in [-0.4, -0.2) is 30.4 Å². The van der Waals surface area contributed by atoms with Crippen LogP contribution in [0.25, 0.3) is 0 Å². The molecular formula is C18H18F3NO3. The van der Waals surface area contributed by atoms with E-state index in [-0.39, 0.29) is 12.0 Å². The summed E-state index contributed by atoms with van der Waals surface area (Å²) >= 11 is 0. The van der Waals surface area contributed by atoms with Gasteiger partial charge in [0.2, 0.25) is 0 Å². The molecule has 0 amide bonds. The topological polar surface area (TPSA) is 58.6 Å². The lowest BCUT2D eigenvalue weighted by molar-refractivity contribution is -0.163. The quantitative estimate of drug-likeness (QED) is 0.799. The molecule has 0 bridgehead atoms. The fourth-order valence-corrected chi connectivity index (χ4v) is 2.44. The van der Waals surface area contributed by atoms with Crippen molar-refractivity contribution in [2.75, 3.05) is 7.11 Å². The molecule has 0 spiro atoms. The molecule has 7 heteroatoms. The van der Waals surface area contributed by atoms with Gasteiger partial charge in [0.25, 0.3) is 0 Å². The molecule has 0 unspecified atom stereocenters. The summed E-state index contributed by atoms with van der Waals surface area (Å²) in [7, 11) is 1.49. The lowest BCUT2D eigenvalue weighted by Crippen LogP contribution is -2.45. The van der Waals surface area contributed by atoms with Crippen molar-refractivity contribution in [3.8, 4) is 5.75 Å². The van der Waals surface area contributed by atoms with Crippen molar-refractivity contribution in [1.82, 2.24) is 5.32 Å². The van der Waals surface area contributed by atoms with E-state index < -0.39 is 24.2 Å². The SMILES string of the molecule is COc1ccc(C[C@H](N[C@H](c2ccccc2)C(F)(F)F)C(=O)O)cc1. The largest absolute Gasteiger partial charge is 0.497 e. The van der Waals surface area contributed by atoms with Crippen LogP contribution in [0.1, 0.15) is 17.2 Å². The van der Waals surface area contributed by atoms with Crippen molar-refractivity contribution in [2.45, 2.75) is 24.7 Å².